The molecule has 0 bridgehead atoms. The molecule has 1 heterocycles. The number of aromatic nitrogens is 2. The molecule has 0 aliphatic carbocycles. The second kappa shape index (κ2) is 9.05. The minimum absolute atomic E-state index is 0.0793. The molecule has 33 heavy (non-hydrogen) atoms. The van der Waals surface area contributed by atoms with Crippen molar-refractivity contribution in [2.75, 3.05) is 7.11 Å². The van der Waals surface area contributed by atoms with Gasteiger partial charge in [-0.1, -0.05) is 17.8 Å². The number of aryl methyl sites for hydroxylation is 1. The van der Waals surface area contributed by atoms with Crippen LogP contribution in [0.2, 0.25) is 0 Å². The van der Waals surface area contributed by atoms with Crippen LogP contribution in [0.1, 0.15) is 36.8 Å². The molecule has 0 N–H and O–H groups in total. The van der Waals surface area contributed by atoms with Crippen LogP contribution < -0.4 is 9.47 Å². The van der Waals surface area contributed by atoms with Gasteiger partial charge in [0.25, 0.3) is 0 Å². The van der Waals surface area contributed by atoms with Crippen LogP contribution in [-0.2, 0) is 5.54 Å². The number of halogens is 5. The first-order chi connectivity index (χ1) is 15.4. The zero-order chi connectivity index (χ0) is 24.7. The van der Waals surface area contributed by atoms with Crippen LogP contribution in [0.4, 0.5) is 22.0 Å². The molecule has 0 aliphatic heterocycles. The normalized spacial score (nSPS) is 11.6. The highest BCUT2D eigenvalue weighted by molar-refractivity contribution is 7.99. The maximum atomic E-state index is 14.3. The number of hydrogen-bond donors (Lipinski definition) is 0. The summed E-state index contributed by atoms with van der Waals surface area (Å²) < 4.78 is 81.4. The number of carbonyl (C=O) groups excluding carboxylic acids is 1. The second-order valence-electron chi connectivity index (χ2n) is 7.92. The molecule has 0 saturated carbocycles. The maximum Gasteiger partial charge on any atom is 0.345 e. The van der Waals surface area contributed by atoms with Gasteiger partial charge in [0.2, 0.25) is 11.7 Å². The lowest BCUT2D eigenvalue weighted by molar-refractivity contribution is 0.0703. The van der Waals surface area contributed by atoms with Gasteiger partial charge < -0.3 is 9.47 Å². The van der Waals surface area contributed by atoms with Crippen molar-refractivity contribution in [3.05, 3.63) is 64.6 Å². The fourth-order valence-electron chi connectivity index (χ4n) is 2.83. The van der Waals surface area contributed by atoms with Gasteiger partial charge in [-0.05, 0) is 45.9 Å². The lowest BCUT2D eigenvalue weighted by atomic mass is 10.1. The number of methoxy groups -OCH3 is 1. The van der Waals surface area contributed by atoms with E-state index < -0.39 is 45.5 Å². The van der Waals surface area contributed by atoms with Gasteiger partial charge in [-0.15, -0.1) is 0 Å². The summed E-state index contributed by atoms with van der Waals surface area (Å²) in [5.74, 6) is -11.1. The summed E-state index contributed by atoms with van der Waals surface area (Å²) in [4.78, 5) is 11.6. The molecule has 2 aromatic carbocycles. The fourth-order valence-corrected chi connectivity index (χ4v) is 3.79. The van der Waals surface area contributed by atoms with Gasteiger partial charge in [-0.2, -0.15) is 5.10 Å². The largest absolute Gasteiger partial charge is 0.497 e. The molecule has 11 heteroatoms. The summed E-state index contributed by atoms with van der Waals surface area (Å²) in [6.45, 7) is 6.65. The first-order valence-corrected chi connectivity index (χ1v) is 10.3. The monoisotopic (exact) mass is 486 g/mol. The third kappa shape index (κ3) is 4.68. The fraction of sp³-hybridized carbons (Fsp3) is 0.273. The molecule has 0 aliphatic rings. The van der Waals surface area contributed by atoms with Gasteiger partial charge in [-0.3, -0.25) is 0 Å². The average Bonchev–Trinajstić information content (AvgIpc) is 3.09. The lowest BCUT2D eigenvalue weighted by Crippen LogP contribution is -2.25. The van der Waals surface area contributed by atoms with E-state index in [2.05, 4.69) is 5.10 Å². The lowest BCUT2D eigenvalue weighted by Gasteiger charge is -2.22. The van der Waals surface area contributed by atoms with Crippen LogP contribution in [0, 0.1) is 36.0 Å². The summed E-state index contributed by atoms with van der Waals surface area (Å²) in [6.07, 6.45) is 0. The van der Waals surface area contributed by atoms with E-state index in [0.717, 1.165) is 0 Å². The molecule has 176 valence electrons. The predicted octanol–water partition coefficient (Wildman–Crippen LogP) is 6.02. The zero-order valence-electron chi connectivity index (χ0n) is 18.2. The van der Waals surface area contributed by atoms with Crippen LogP contribution in [0.15, 0.2) is 34.1 Å². The van der Waals surface area contributed by atoms with Crippen molar-refractivity contribution < 1.29 is 36.2 Å². The van der Waals surface area contributed by atoms with Gasteiger partial charge in [0.05, 0.1) is 33.7 Å². The van der Waals surface area contributed by atoms with E-state index in [-0.39, 0.29) is 33.8 Å². The summed E-state index contributed by atoms with van der Waals surface area (Å²) in [7, 11) is 1.42. The smallest absolute Gasteiger partial charge is 0.345 e. The Labute approximate surface area is 190 Å². The maximum absolute atomic E-state index is 14.3. The molecule has 0 saturated heterocycles. The Balaban J connectivity index is 2.13. The van der Waals surface area contributed by atoms with Crippen LogP contribution in [0.3, 0.4) is 0 Å². The number of carbonyl (C=O) groups is 1. The number of ether oxygens (including phenoxy) is 2. The highest BCUT2D eigenvalue weighted by Gasteiger charge is 2.32. The number of nitrogens with zero attached hydrogens (tertiary/aromatic N) is 2. The molecular formula is C22H19F5N2O3S. The molecule has 0 fully saturated rings. The SMILES string of the molecule is COc1cccc(C(=O)Oc2c(Sc3c(F)c(F)c(F)c(F)c3F)c(C)nn2C(C)(C)C)c1. The Morgan fingerprint density at radius 1 is 0.970 bits per heavy atom. The van der Waals surface area contributed by atoms with Crippen molar-refractivity contribution in [2.24, 2.45) is 0 Å². The van der Waals surface area contributed by atoms with Crippen LogP contribution in [0.25, 0.3) is 0 Å². The van der Waals surface area contributed by atoms with E-state index in [0.29, 0.717) is 5.75 Å². The summed E-state index contributed by atoms with van der Waals surface area (Å²) in [5, 5.41) is 4.27. The number of esters is 1. The molecule has 0 unspecified atom stereocenters. The van der Waals surface area contributed by atoms with Crippen LogP contribution in [0.5, 0.6) is 11.6 Å². The first kappa shape index (κ1) is 24.6. The predicted molar refractivity (Wildman–Crippen MR) is 110 cm³/mol. The third-order valence-corrected chi connectivity index (χ3v) is 5.71. The molecule has 1 aromatic heterocycles. The molecule has 5 nitrogen and oxygen atoms in total. The molecule has 0 radical (unpaired) electrons. The van der Waals surface area contributed by atoms with E-state index in [1.807, 2.05) is 0 Å². The quantitative estimate of drug-likeness (QED) is 0.191. The first-order valence-electron chi connectivity index (χ1n) is 9.52. The Hall–Kier alpha value is -3.08. The van der Waals surface area contributed by atoms with Gasteiger partial charge in [0, 0.05) is 0 Å². The second-order valence-corrected chi connectivity index (χ2v) is 8.95. The Morgan fingerprint density at radius 2 is 1.55 bits per heavy atom. The van der Waals surface area contributed by atoms with E-state index in [1.54, 1.807) is 32.9 Å². The minimum Gasteiger partial charge on any atom is -0.497 e. The summed E-state index contributed by atoms with van der Waals surface area (Å²) in [5.41, 5.74) is -0.489. The van der Waals surface area contributed by atoms with Crippen molar-refractivity contribution in [3.8, 4) is 11.6 Å². The average molecular weight is 486 g/mol. The molecule has 0 atom stereocenters. The summed E-state index contributed by atoms with van der Waals surface area (Å²) in [6, 6.07) is 6.06. The Kier molecular flexibility index (Phi) is 6.73. The molecule has 0 amide bonds. The molecule has 3 rings (SSSR count). The van der Waals surface area contributed by atoms with Crippen molar-refractivity contribution in [2.45, 2.75) is 43.0 Å². The molecule has 0 spiro atoms. The number of benzene rings is 2. The molecular weight excluding hydrogens is 467 g/mol. The topological polar surface area (TPSA) is 53.4 Å². The van der Waals surface area contributed by atoms with Crippen LogP contribution in [-0.4, -0.2) is 22.9 Å². The standard InChI is InChI=1S/C22H19F5N2O3S/c1-10-18(33-19-16(26)14(24)13(23)15(25)17(19)27)20(29(28-10)22(2,3)4)32-21(30)11-7-6-8-12(9-11)31-5/h6-9H,1-5H3. The highest BCUT2D eigenvalue weighted by Crippen LogP contribution is 2.43. The van der Waals surface area contributed by atoms with E-state index >= 15 is 0 Å². The van der Waals surface area contributed by atoms with E-state index in [4.69, 9.17) is 9.47 Å². The van der Waals surface area contributed by atoms with E-state index in [9.17, 15) is 26.7 Å². The number of rotatable bonds is 5. The Bertz CT molecular complexity index is 1210. The van der Waals surface area contributed by atoms with Gasteiger partial charge >= 0.3 is 5.97 Å². The Morgan fingerprint density at radius 3 is 2.09 bits per heavy atom. The minimum atomic E-state index is -2.26. The number of hydrogen-bond acceptors (Lipinski definition) is 5. The van der Waals surface area contributed by atoms with Crippen LogP contribution >= 0.6 is 11.8 Å². The third-order valence-electron chi connectivity index (χ3n) is 4.47. The highest BCUT2D eigenvalue weighted by atomic mass is 32.2. The zero-order valence-corrected chi connectivity index (χ0v) is 19.0. The van der Waals surface area contributed by atoms with Crippen molar-refractivity contribution in [1.29, 1.82) is 0 Å². The van der Waals surface area contributed by atoms with Crippen molar-refractivity contribution >= 4 is 17.7 Å². The van der Waals surface area contributed by atoms with E-state index in [1.165, 1.54) is 30.8 Å². The van der Waals surface area contributed by atoms with Crippen molar-refractivity contribution in [1.82, 2.24) is 9.78 Å². The molecule has 3 aromatic rings. The van der Waals surface area contributed by atoms with Crippen molar-refractivity contribution in [3.63, 3.8) is 0 Å². The van der Waals surface area contributed by atoms with Gasteiger partial charge in [-0.25, -0.2) is 31.4 Å². The van der Waals surface area contributed by atoms with Gasteiger partial charge in [0.1, 0.15) is 5.75 Å². The summed E-state index contributed by atoms with van der Waals surface area (Å²) >= 11 is 0.231. The van der Waals surface area contributed by atoms with Gasteiger partial charge in [0.15, 0.2) is 23.3 Å².